The average Bonchev–Trinajstić information content (AvgIpc) is 3.17. The van der Waals surface area contributed by atoms with Crippen molar-refractivity contribution in [1.29, 1.82) is 0 Å². The third kappa shape index (κ3) is 3.23. The normalized spacial score (nSPS) is 19.8. The zero-order chi connectivity index (χ0) is 20.8. The van der Waals surface area contributed by atoms with Gasteiger partial charge < -0.3 is 19.8 Å². The molecule has 4 nitrogen and oxygen atoms in total. The molecule has 0 spiro atoms. The Morgan fingerprint density at radius 1 is 0.900 bits per heavy atom. The van der Waals surface area contributed by atoms with E-state index in [0.717, 1.165) is 44.8 Å². The molecule has 0 saturated carbocycles. The second kappa shape index (κ2) is 7.75. The number of ether oxygens (including phenoxy) is 2. The second-order valence-electron chi connectivity index (χ2n) is 8.90. The summed E-state index contributed by atoms with van der Waals surface area (Å²) in [7, 11) is 0. The first-order chi connectivity index (χ1) is 14.5. The molecule has 0 aliphatic carbocycles. The Morgan fingerprint density at radius 2 is 1.60 bits per heavy atom. The van der Waals surface area contributed by atoms with Crippen LogP contribution in [0.25, 0.3) is 10.9 Å². The van der Waals surface area contributed by atoms with Crippen molar-refractivity contribution in [2.45, 2.75) is 59.1 Å². The number of rotatable bonds is 3. The van der Waals surface area contributed by atoms with Crippen LogP contribution in [0.15, 0.2) is 24.3 Å². The highest BCUT2D eigenvalue weighted by atomic mass is 16.5. The number of H-pyrrole nitrogens is 1. The lowest BCUT2D eigenvalue weighted by Gasteiger charge is -2.26. The number of hydrogen-bond acceptors (Lipinski definition) is 3. The molecule has 30 heavy (non-hydrogen) atoms. The molecule has 2 aliphatic rings. The predicted molar refractivity (Wildman–Crippen MR) is 122 cm³/mol. The van der Waals surface area contributed by atoms with E-state index in [1.165, 1.54) is 50.0 Å². The van der Waals surface area contributed by atoms with Crippen molar-refractivity contribution >= 4 is 10.9 Å². The molecule has 1 saturated heterocycles. The molecule has 1 aromatic heterocycles. The fourth-order valence-corrected chi connectivity index (χ4v) is 5.15. The molecule has 1 atom stereocenters. The summed E-state index contributed by atoms with van der Waals surface area (Å²) >= 11 is 0. The van der Waals surface area contributed by atoms with Crippen LogP contribution < -0.4 is 10.1 Å². The van der Waals surface area contributed by atoms with E-state index >= 15 is 0 Å². The van der Waals surface area contributed by atoms with Gasteiger partial charge >= 0.3 is 0 Å². The van der Waals surface area contributed by atoms with E-state index in [0.29, 0.717) is 0 Å². The van der Waals surface area contributed by atoms with Gasteiger partial charge in [-0.1, -0.05) is 12.1 Å². The number of hydrogen-bond donors (Lipinski definition) is 2. The van der Waals surface area contributed by atoms with Gasteiger partial charge in [0.25, 0.3) is 0 Å². The molecule has 2 aliphatic heterocycles. The number of aromatic amines is 1. The van der Waals surface area contributed by atoms with Crippen molar-refractivity contribution < 1.29 is 9.47 Å². The fraction of sp³-hybridized carbons (Fsp3) is 0.462. The molecule has 1 unspecified atom stereocenters. The van der Waals surface area contributed by atoms with Gasteiger partial charge in [-0.25, -0.2) is 0 Å². The van der Waals surface area contributed by atoms with Crippen LogP contribution in [0.4, 0.5) is 0 Å². The fourth-order valence-electron chi connectivity index (χ4n) is 5.15. The molecule has 158 valence electrons. The molecule has 3 heterocycles. The van der Waals surface area contributed by atoms with E-state index in [1.807, 2.05) is 0 Å². The number of fused-ring (bicyclic) bond motifs is 3. The third-order valence-electron chi connectivity index (χ3n) is 7.27. The van der Waals surface area contributed by atoms with Crippen LogP contribution >= 0.6 is 0 Å². The van der Waals surface area contributed by atoms with Gasteiger partial charge in [-0.05, 0) is 79.6 Å². The summed E-state index contributed by atoms with van der Waals surface area (Å²) in [6.45, 7) is 11.6. The first-order valence-corrected chi connectivity index (χ1v) is 11.2. The lowest BCUT2D eigenvalue weighted by atomic mass is 9.90. The van der Waals surface area contributed by atoms with Crippen LogP contribution in [0.5, 0.6) is 5.75 Å². The molecule has 0 amide bonds. The van der Waals surface area contributed by atoms with Crippen LogP contribution in [-0.2, 0) is 11.2 Å². The smallest absolute Gasteiger partial charge is 0.119 e. The molecule has 4 heteroatoms. The Kier molecular flexibility index (Phi) is 5.08. The summed E-state index contributed by atoms with van der Waals surface area (Å²) in [5.74, 6) is 0.955. The second-order valence-corrected chi connectivity index (χ2v) is 8.90. The summed E-state index contributed by atoms with van der Waals surface area (Å²) in [6.07, 6.45) is 3.29. The number of benzene rings is 2. The molecule has 0 bridgehead atoms. The van der Waals surface area contributed by atoms with Gasteiger partial charge in [0.05, 0.1) is 19.3 Å². The molecular formula is C26H32N2O2. The Bertz CT molecular complexity index is 1080. The Morgan fingerprint density at radius 3 is 2.33 bits per heavy atom. The predicted octanol–water partition coefficient (Wildman–Crippen LogP) is 5.19. The molecule has 5 rings (SSSR count). The van der Waals surface area contributed by atoms with Gasteiger partial charge in [0, 0.05) is 36.0 Å². The average molecular weight is 405 g/mol. The highest BCUT2D eigenvalue weighted by molar-refractivity contribution is 5.92. The number of aryl methyl sites for hydroxylation is 2. The van der Waals surface area contributed by atoms with Crippen LogP contribution in [0, 0.1) is 27.7 Å². The van der Waals surface area contributed by atoms with E-state index in [4.69, 9.17) is 9.47 Å². The summed E-state index contributed by atoms with van der Waals surface area (Å²) < 4.78 is 11.6. The summed E-state index contributed by atoms with van der Waals surface area (Å²) in [5, 5.41) is 5.17. The van der Waals surface area contributed by atoms with Crippen molar-refractivity contribution in [1.82, 2.24) is 10.3 Å². The van der Waals surface area contributed by atoms with Crippen molar-refractivity contribution in [2.24, 2.45) is 0 Å². The van der Waals surface area contributed by atoms with Crippen molar-refractivity contribution in [3.8, 4) is 5.75 Å². The van der Waals surface area contributed by atoms with Crippen LogP contribution in [0.2, 0.25) is 0 Å². The van der Waals surface area contributed by atoms with E-state index in [2.05, 4.69) is 62.3 Å². The zero-order valence-electron chi connectivity index (χ0n) is 18.5. The molecule has 1 fully saturated rings. The van der Waals surface area contributed by atoms with E-state index in [1.54, 1.807) is 0 Å². The third-order valence-corrected chi connectivity index (χ3v) is 7.27. The summed E-state index contributed by atoms with van der Waals surface area (Å²) in [4.78, 5) is 3.81. The standard InChI is InChI=1S/C26H32N2O2/c1-15-16(2)18(4)24-23(17(15)3)22-9-12-27-25(26(22)28-24)19-5-7-20(8-6-19)30-21-10-13-29-14-11-21/h5-8,21,25,27-28H,9-14H2,1-4H3. The SMILES string of the molecule is Cc1c(C)c(C)c2c3c([nH]c2c1C)C(c1ccc(OC2CCOCC2)cc1)NCC3. The summed E-state index contributed by atoms with van der Waals surface area (Å²) in [6, 6.07) is 8.85. The highest BCUT2D eigenvalue weighted by Crippen LogP contribution is 2.38. The molecular weight excluding hydrogens is 372 g/mol. The lowest BCUT2D eigenvalue weighted by Crippen LogP contribution is -2.30. The maximum absolute atomic E-state index is 6.16. The van der Waals surface area contributed by atoms with Crippen molar-refractivity contribution in [3.63, 3.8) is 0 Å². The molecule has 2 aromatic carbocycles. The molecule has 2 N–H and O–H groups in total. The van der Waals surface area contributed by atoms with Gasteiger partial charge in [0.1, 0.15) is 11.9 Å². The van der Waals surface area contributed by atoms with Gasteiger partial charge in [0.15, 0.2) is 0 Å². The first-order valence-electron chi connectivity index (χ1n) is 11.2. The summed E-state index contributed by atoms with van der Waals surface area (Å²) in [5.41, 5.74) is 11.0. The Hall–Kier alpha value is -2.30. The maximum Gasteiger partial charge on any atom is 0.119 e. The molecule has 3 aromatic rings. The van der Waals surface area contributed by atoms with Gasteiger partial charge in [-0.3, -0.25) is 0 Å². The van der Waals surface area contributed by atoms with Gasteiger partial charge in [0.2, 0.25) is 0 Å². The minimum atomic E-state index is 0.192. The Balaban J connectivity index is 1.49. The zero-order valence-corrected chi connectivity index (χ0v) is 18.5. The minimum absolute atomic E-state index is 0.192. The van der Waals surface area contributed by atoms with E-state index in [-0.39, 0.29) is 12.1 Å². The van der Waals surface area contributed by atoms with Crippen LogP contribution in [0.1, 0.15) is 58.0 Å². The Labute approximate surface area is 179 Å². The number of aromatic nitrogens is 1. The quantitative estimate of drug-likeness (QED) is 0.631. The van der Waals surface area contributed by atoms with Gasteiger partial charge in [-0.2, -0.15) is 0 Å². The molecule has 0 radical (unpaired) electrons. The van der Waals surface area contributed by atoms with E-state index < -0.39 is 0 Å². The largest absolute Gasteiger partial charge is 0.490 e. The first kappa shape index (κ1) is 19.7. The van der Waals surface area contributed by atoms with Crippen LogP contribution in [-0.4, -0.2) is 30.8 Å². The van der Waals surface area contributed by atoms with Gasteiger partial charge in [-0.15, -0.1) is 0 Å². The minimum Gasteiger partial charge on any atom is -0.490 e. The number of nitrogens with one attached hydrogen (secondary N) is 2. The van der Waals surface area contributed by atoms with Crippen molar-refractivity contribution in [2.75, 3.05) is 19.8 Å². The van der Waals surface area contributed by atoms with Crippen LogP contribution in [0.3, 0.4) is 0 Å². The maximum atomic E-state index is 6.16. The highest BCUT2D eigenvalue weighted by Gasteiger charge is 2.27. The monoisotopic (exact) mass is 404 g/mol. The topological polar surface area (TPSA) is 46.3 Å². The van der Waals surface area contributed by atoms with E-state index in [9.17, 15) is 0 Å². The lowest BCUT2D eigenvalue weighted by molar-refractivity contribution is 0.0255. The van der Waals surface area contributed by atoms with Crippen molar-refractivity contribution in [3.05, 3.63) is 63.3 Å².